The SMILES string of the molecule is CC1(C)CN(C(=O)N2CCN(CC(=O)O)CC2)CCO1. The molecule has 2 amide bonds. The molecule has 0 unspecified atom stereocenters. The van der Waals surface area contributed by atoms with Gasteiger partial charge in [-0.3, -0.25) is 9.69 Å². The Labute approximate surface area is 119 Å². The van der Waals surface area contributed by atoms with Crippen molar-refractivity contribution in [1.82, 2.24) is 14.7 Å². The van der Waals surface area contributed by atoms with Crippen LogP contribution in [0.5, 0.6) is 0 Å². The molecule has 0 saturated carbocycles. The lowest BCUT2D eigenvalue weighted by Gasteiger charge is -2.42. The molecule has 2 heterocycles. The first kappa shape index (κ1) is 15.1. The number of carbonyl (C=O) groups excluding carboxylic acids is 1. The van der Waals surface area contributed by atoms with Crippen molar-refractivity contribution in [2.45, 2.75) is 19.4 Å². The molecule has 0 radical (unpaired) electrons. The van der Waals surface area contributed by atoms with Gasteiger partial charge >= 0.3 is 12.0 Å². The van der Waals surface area contributed by atoms with Gasteiger partial charge in [0.2, 0.25) is 0 Å². The molecule has 7 nitrogen and oxygen atoms in total. The van der Waals surface area contributed by atoms with E-state index in [0.29, 0.717) is 45.9 Å². The van der Waals surface area contributed by atoms with E-state index in [4.69, 9.17) is 9.84 Å². The number of piperazine rings is 1. The molecule has 2 fully saturated rings. The van der Waals surface area contributed by atoms with E-state index in [1.807, 2.05) is 23.6 Å². The second-order valence-corrected chi connectivity index (χ2v) is 5.97. The molecule has 0 aromatic heterocycles. The lowest BCUT2D eigenvalue weighted by Crippen LogP contribution is -2.58. The van der Waals surface area contributed by atoms with Crippen molar-refractivity contribution >= 4 is 12.0 Å². The highest BCUT2D eigenvalue weighted by atomic mass is 16.5. The average molecular weight is 285 g/mol. The summed E-state index contributed by atoms with van der Waals surface area (Å²) >= 11 is 0. The lowest BCUT2D eigenvalue weighted by molar-refractivity contribution is -0.138. The number of carboxylic acid groups (broad SMARTS) is 1. The van der Waals surface area contributed by atoms with Crippen molar-refractivity contribution in [3.63, 3.8) is 0 Å². The number of morpholine rings is 1. The maximum atomic E-state index is 12.4. The van der Waals surface area contributed by atoms with E-state index in [1.54, 1.807) is 4.90 Å². The average Bonchev–Trinajstić information content (AvgIpc) is 2.37. The first-order valence-corrected chi connectivity index (χ1v) is 6.99. The van der Waals surface area contributed by atoms with Crippen LogP contribution >= 0.6 is 0 Å². The maximum absolute atomic E-state index is 12.4. The van der Waals surface area contributed by atoms with Crippen LogP contribution in [0.4, 0.5) is 4.79 Å². The molecule has 0 bridgehead atoms. The highest BCUT2D eigenvalue weighted by molar-refractivity contribution is 5.75. The van der Waals surface area contributed by atoms with Crippen molar-refractivity contribution in [3.8, 4) is 0 Å². The fourth-order valence-corrected chi connectivity index (χ4v) is 2.67. The third kappa shape index (κ3) is 3.83. The number of rotatable bonds is 2. The summed E-state index contributed by atoms with van der Waals surface area (Å²) in [6, 6.07) is 0.0383. The fraction of sp³-hybridized carbons (Fsp3) is 0.846. The normalized spacial score (nSPS) is 23.7. The highest BCUT2D eigenvalue weighted by Crippen LogP contribution is 2.18. The van der Waals surface area contributed by atoms with E-state index in [1.165, 1.54) is 0 Å². The number of amides is 2. The van der Waals surface area contributed by atoms with Crippen LogP contribution in [0.3, 0.4) is 0 Å². The Morgan fingerprint density at radius 2 is 1.75 bits per heavy atom. The highest BCUT2D eigenvalue weighted by Gasteiger charge is 2.33. The number of hydrogen-bond acceptors (Lipinski definition) is 4. The van der Waals surface area contributed by atoms with Crippen LogP contribution in [0, 0.1) is 0 Å². The number of carbonyl (C=O) groups is 2. The number of nitrogens with zero attached hydrogens (tertiary/aromatic N) is 3. The molecule has 2 rings (SSSR count). The van der Waals surface area contributed by atoms with E-state index in [0.717, 1.165) is 0 Å². The Hall–Kier alpha value is -1.34. The molecule has 2 aliphatic heterocycles. The maximum Gasteiger partial charge on any atom is 0.320 e. The molecule has 7 heteroatoms. The molecule has 2 aliphatic rings. The second kappa shape index (κ2) is 5.97. The summed E-state index contributed by atoms with van der Waals surface area (Å²) in [5.41, 5.74) is -0.293. The van der Waals surface area contributed by atoms with Gasteiger partial charge < -0.3 is 19.6 Å². The largest absolute Gasteiger partial charge is 0.480 e. The Bertz CT molecular complexity index is 378. The minimum absolute atomic E-state index is 0.0383. The minimum Gasteiger partial charge on any atom is -0.480 e. The summed E-state index contributed by atoms with van der Waals surface area (Å²) in [6.45, 7) is 8.21. The van der Waals surface area contributed by atoms with Gasteiger partial charge in [-0.1, -0.05) is 0 Å². The van der Waals surface area contributed by atoms with Crippen LogP contribution in [0.1, 0.15) is 13.8 Å². The van der Waals surface area contributed by atoms with Gasteiger partial charge in [0, 0.05) is 32.7 Å². The van der Waals surface area contributed by atoms with Gasteiger partial charge in [-0.25, -0.2) is 4.79 Å². The first-order valence-electron chi connectivity index (χ1n) is 6.99. The van der Waals surface area contributed by atoms with E-state index in [-0.39, 0.29) is 18.2 Å². The molecule has 1 N–H and O–H groups in total. The summed E-state index contributed by atoms with van der Waals surface area (Å²) in [6.07, 6.45) is 0. The monoisotopic (exact) mass is 285 g/mol. The molecule has 0 spiro atoms. The van der Waals surface area contributed by atoms with E-state index in [2.05, 4.69) is 0 Å². The van der Waals surface area contributed by atoms with E-state index >= 15 is 0 Å². The summed E-state index contributed by atoms with van der Waals surface area (Å²) < 4.78 is 5.61. The number of urea groups is 1. The topological polar surface area (TPSA) is 73.3 Å². The van der Waals surface area contributed by atoms with Gasteiger partial charge in [0.25, 0.3) is 0 Å². The Kier molecular flexibility index (Phi) is 4.49. The molecule has 0 atom stereocenters. The van der Waals surface area contributed by atoms with Crippen LogP contribution < -0.4 is 0 Å². The number of ether oxygens (including phenoxy) is 1. The number of aliphatic carboxylic acids is 1. The van der Waals surface area contributed by atoms with Crippen LogP contribution in [-0.4, -0.2) is 89.8 Å². The summed E-state index contributed by atoms with van der Waals surface area (Å²) in [7, 11) is 0. The molecule has 20 heavy (non-hydrogen) atoms. The molecule has 0 aliphatic carbocycles. The van der Waals surface area contributed by atoms with Crippen molar-refractivity contribution in [2.75, 3.05) is 52.4 Å². The van der Waals surface area contributed by atoms with Gasteiger partial charge in [-0.05, 0) is 13.8 Å². The Balaban J connectivity index is 1.84. The lowest BCUT2D eigenvalue weighted by atomic mass is 10.1. The van der Waals surface area contributed by atoms with Crippen molar-refractivity contribution in [1.29, 1.82) is 0 Å². The summed E-state index contributed by atoms with van der Waals surface area (Å²) in [5.74, 6) is -0.820. The van der Waals surface area contributed by atoms with Gasteiger partial charge in [0.1, 0.15) is 0 Å². The van der Waals surface area contributed by atoms with Crippen LogP contribution in [0.15, 0.2) is 0 Å². The van der Waals surface area contributed by atoms with Gasteiger partial charge in [-0.15, -0.1) is 0 Å². The Morgan fingerprint density at radius 1 is 1.10 bits per heavy atom. The van der Waals surface area contributed by atoms with Gasteiger partial charge in [0.15, 0.2) is 0 Å². The fourth-order valence-electron chi connectivity index (χ4n) is 2.67. The predicted octanol–water partition coefficient (Wildman–Crippen LogP) is -0.0806. The third-order valence-electron chi connectivity index (χ3n) is 3.70. The van der Waals surface area contributed by atoms with Crippen molar-refractivity contribution in [3.05, 3.63) is 0 Å². The molecule has 114 valence electrons. The smallest absolute Gasteiger partial charge is 0.320 e. The Morgan fingerprint density at radius 3 is 2.30 bits per heavy atom. The first-order chi connectivity index (χ1) is 9.37. The quantitative estimate of drug-likeness (QED) is 0.768. The zero-order valence-electron chi connectivity index (χ0n) is 12.2. The zero-order valence-corrected chi connectivity index (χ0v) is 12.2. The molecule has 2 saturated heterocycles. The second-order valence-electron chi connectivity index (χ2n) is 5.97. The molecular weight excluding hydrogens is 262 g/mol. The van der Waals surface area contributed by atoms with Gasteiger partial charge in [-0.2, -0.15) is 0 Å². The zero-order chi connectivity index (χ0) is 14.8. The molecular formula is C13H23N3O4. The number of hydrogen-bond donors (Lipinski definition) is 1. The summed E-state index contributed by atoms with van der Waals surface area (Å²) in [4.78, 5) is 28.6. The standard InChI is InChI=1S/C13H23N3O4/c1-13(2)10-16(7-8-20-13)12(19)15-5-3-14(4-6-15)9-11(17)18/h3-10H2,1-2H3,(H,17,18). The third-order valence-corrected chi connectivity index (χ3v) is 3.70. The van der Waals surface area contributed by atoms with Crippen molar-refractivity contribution in [2.24, 2.45) is 0 Å². The van der Waals surface area contributed by atoms with Gasteiger partial charge in [0.05, 0.1) is 25.3 Å². The summed E-state index contributed by atoms with van der Waals surface area (Å²) in [5, 5.41) is 8.76. The molecule has 0 aromatic carbocycles. The van der Waals surface area contributed by atoms with E-state index < -0.39 is 5.97 Å². The van der Waals surface area contributed by atoms with Crippen molar-refractivity contribution < 1.29 is 19.4 Å². The number of carboxylic acids is 1. The van der Waals surface area contributed by atoms with E-state index in [9.17, 15) is 9.59 Å². The van der Waals surface area contributed by atoms with Crippen LogP contribution in [-0.2, 0) is 9.53 Å². The minimum atomic E-state index is -0.820. The van der Waals surface area contributed by atoms with Crippen LogP contribution in [0.25, 0.3) is 0 Å². The molecule has 0 aromatic rings. The van der Waals surface area contributed by atoms with Crippen LogP contribution in [0.2, 0.25) is 0 Å². The predicted molar refractivity (Wildman–Crippen MR) is 72.6 cm³/mol.